The van der Waals surface area contributed by atoms with Gasteiger partial charge in [-0.05, 0) is 24.3 Å². The van der Waals surface area contributed by atoms with E-state index in [1.807, 2.05) is 36.4 Å². The van der Waals surface area contributed by atoms with Crippen LogP contribution in [0.5, 0.6) is 0 Å². The number of rotatable bonds is 3. The Kier molecular flexibility index (Phi) is 4.24. The normalized spacial score (nSPS) is 11.6. The average molecular weight is 322 g/mol. The van der Waals surface area contributed by atoms with Crippen molar-refractivity contribution in [3.63, 3.8) is 0 Å². The molecule has 1 atom stereocenters. The van der Waals surface area contributed by atoms with E-state index in [1.54, 1.807) is 12.1 Å². The van der Waals surface area contributed by atoms with Crippen molar-refractivity contribution < 1.29 is 0 Å². The van der Waals surface area contributed by atoms with Crippen molar-refractivity contribution in [3.8, 4) is 6.07 Å². The highest BCUT2D eigenvalue weighted by Gasteiger charge is 2.13. The van der Waals surface area contributed by atoms with Gasteiger partial charge in [-0.1, -0.05) is 51.8 Å². The van der Waals surface area contributed by atoms with Crippen LogP contribution < -0.4 is 5.32 Å². The van der Waals surface area contributed by atoms with E-state index in [-0.39, 0.29) is 0 Å². The Labute approximate surface area is 119 Å². The van der Waals surface area contributed by atoms with Crippen molar-refractivity contribution in [1.29, 1.82) is 5.26 Å². The van der Waals surface area contributed by atoms with E-state index in [1.165, 1.54) is 0 Å². The molecule has 0 aromatic heterocycles. The van der Waals surface area contributed by atoms with Gasteiger partial charge < -0.3 is 5.32 Å². The summed E-state index contributed by atoms with van der Waals surface area (Å²) < 4.78 is 0.824. The Morgan fingerprint density at radius 1 is 1.17 bits per heavy atom. The molecule has 4 heteroatoms. The minimum Gasteiger partial charge on any atom is -0.366 e. The highest BCUT2D eigenvalue weighted by molar-refractivity contribution is 9.10. The van der Waals surface area contributed by atoms with Crippen LogP contribution in [0.3, 0.4) is 0 Å². The highest BCUT2D eigenvalue weighted by atomic mass is 79.9. The Balaban J connectivity index is 2.27. The van der Waals surface area contributed by atoms with E-state index in [0.717, 1.165) is 15.7 Å². The summed E-state index contributed by atoms with van der Waals surface area (Å²) in [4.78, 5) is 0. The standard InChI is InChI=1S/C14H10BrClN2/c15-13-8-10(16)6-7-12(13)14(9-17)18-11-4-2-1-3-5-11/h1-8,14,18H. The van der Waals surface area contributed by atoms with Gasteiger partial charge in [0.2, 0.25) is 0 Å². The first kappa shape index (κ1) is 12.9. The van der Waals surface area contributed by atoms with Crippen molar-refractivity contribution >= 4 is 33.2 Å². The van der Waals surface area contributed by atoms with Crippen LogP contribution in [0.4, 0.5) is 5.69 Å². The maximum absolute atomic E-state index is 9.27. The first-order valence-electron chi connectivity index (χ1n) is 5.37. The van der Waals surface area contributed by atoms with Gasteiger partial charge in [-0.25, -0.2) is 0 Å². The number of halogens is 2. The molecule has 0 aliphatic heterocycles. The summed E-state index contributed by atoms with van der Waals surface area (Å²) in [7, 11) is 0. The van der Waals surface area contributed by atoms with Crippen LogP contribution in [0.15, 0.2) is 53.0 Å². The second kappa shape index (κ2) is 5.90. The fourth-order valence-electron chi connectivity index (χ4n) is 1.62. The van der Waals surface area contributed by atoms with Gasteiger partial charge in [0, 0.05) is 20.7 Å². The quantitative estimate of drug-likeness (QED) is 0.883. The third-order valence-corrected chi connectivity index (χ3v) is 3.41. The fraction of sp³-hybridized carbons (Fsp3) is 0.0714. The molecule has 0 saturated heterocycles. The number of hydrogen-bond acceptors (Lipinski definition) is 2. The molecule has 90 valence electrons. The van der Waals surface area contributed by atoms with Gasteiger partial charge in [-0.15, -0.1) is 0 Å². The van der Waals surface area contributed by atoms with Gasteiger partial charge in [-0.3, -0.25) is 0 Å². The van der Waals surface area contributed by atoms with Gasteiger partial charge in [0.05, 0.1) is 6.07 Å². The zero-order chi connectivity index (χ0) is 13.0. The molecule has 1 N–H and O–H groups in total. The van der Waals surface area contributed by atoms with Crippen molar-refractivity contribution in [2.45, 2.75) is 6.04 Å². The van der Waals surface area contributed by atoms with E-state index in [4.69, 9.17) is 11.6 Å². The summed E-state index contributed by atoms with van der Waals surface area (Å²) in [6, 6.07) is 16.9. The van der Waals surface area contributed by atoms with Crippen LogP contribution >= 0.6 is 27.5 Å². The van der Waals surface area contributed by atoms with Gasteiger partial charge in [0.15, 0.2) is 0 Å². The molecular weight excluding hydrogens is 312 g/mol. The summed E-state index contributed by atoms with van der Waals surface area (Å²) >= 11 is 9.32. The van der Waals surface area contributed by atoms with Gasteiger partial charge in [0.1, 0.15) is 6.04 Å². The molecule has 0 spiro atoms. The lowest BCUT2D eigenvalue weighted by atomic mass is 10.1. The smallest absolute Gasteiger partial charge is 0.141 e. The number of benzene rings is 2. The fourth-order valence-corrected chi connectivity index (χ4v) is 2.53. The topological polar surface area (TPSA) is 35.8 Å². The van der Waals surface area contributed by atoms with Crippen LogP contribution in [0, 0.1) is 11.3 Å². The lowest BCUT2D eigenvalue weighted by Gasteiger charge is -2.14. The molecule has 0 saturated carbocycles. The van der Waals surface area contributed by atoms with E-state index < -0.39 is 6.04 Å². The third-order valence-electron chi connectivity index (χ3n) is 2.49. The molecule has 0 amide bonds. The van der Waals surface area contributed by atoms with Crippen LogP contribution in [0.25, 0.3) is 0 Å². The van der Waals surface area contributed by atoms with Crippen LogP contribution in [0.2, 0.25) is 5.02 Å². The molecule has 2 rings (SSSR count). The highest BCUT2D eigenvalue weighted by Crippen LogP contribution is 2.28. The van der Waals surface area contributed by atoms with Crippen molar-refractivity contribution in [3.05, 3.63) is 63.6 Å². The molecule has 0 heterocycles. The van der Waals surface area contributed by atoms with E-state index in [9.17, 15) is 5.26 Å². The van der Waals surface area contributed by atoms with Crippen LogP contribution in [-0.4, -0.2) is 0 Å². The maximum Gasteiger partial charge on any atom is 0.141 e. The van der Waals surface area contributed by atoms with Gasteiger partial charge in [-0.2, -0.15) is 5.26 Å². The van der Waals surface area contributed by atoms with Gasteiger partial charge >= 0.3 is 0 Å². The first-order valence-corrected chi connectivity index (χ1v) is 6.54. The Hall–Kier alpha value is -1.50. The third kappa shape index (κ3) is 3.04. The van der Waals surface area contributed by atoms with Crippen LogP contribution in [0.1, 0.15) is 11.6 Å². The molecule has 18 heavy (non-hydrogen) atoms. The second-order valence-electron chi connectivity index (χ2n) is 3.74. The SMILES string of the molecule is N#CC(Nc1ccccc1)c1ccc(Cl)cc1Br. The molecule has 0 fully saturated rings. The average Bonchev–Trinajstić information content (AvgIpc) is 2.38. The van der Waals surface area contributed by atoms with Crippen molar-refractivity contribution in [2.24, 2.45) is 0 Å². The summed E-state index contributed by atoms with van der Waals surface area (Å²) in [6.45, 7) is 0. The molecule has 0 radical (unpaired) electrons. The van der Waals surface area contributed by atoms with E-state index >= 15 is 0 Å². The Morgan fingerprint density at radius 3 is 2.50 bits per heavy atom. The monoisotopic (exact) mass is 320 g/mol. The van der Waals surface area contributed by atoms with E-state index in [2.05, 4.69) is 27.3 Å². The number of nitrogens with one attached hydrogen (secondary N) is 1. The summed E-state index contributed by atoms with van der Waals surface area (Å²) in [6.07, 6.45) is 0. The minimum atomic E-state index is -0.418. The molecule has 2 nitrogen and oxygen atoms in total. The summed E-state index contributed by atoms with van der Waals surface area (Å²) in [5.74, 6) is 0. The molecule has 2 aromatic carbocycles. The Bertz CT molecular complexity index is 578. The zero-order valence-corrected chi connectivity index (χ0v) is 11.7. The summed E-state index contributed by atoms with van der Waals surface area (Å²) in [5, 5.41) is 13.1. The number of para-hydroxylation sites is 1. The molecule has 0 bridgehead atoms. The van der Waals surface area contributed by atoms with Crippen molar-refractivity contribution in [1.82, 2.24) is 0 Å². The second-order valence-corrected chi connectivity index (χ2v) is 5.03. The largest absolute Gasteiger partial charge is 0.366 e. The molecular formula is C14H10BrClN2. The molecule has 1 unspecified atom stereocenters. The predicted octanol–water partition coefficient (Wildman–Crippen LogP) is 4.78. The molecule has 0 aliphatic carbocycles. The predicted molar refractivity (Wildman–Crippen MR) is 77.6 cm³/mol. The molecule has 0 aliphatic rings. The maximum atomic E-state index is 9.27. The first-order chi connectivity index (χ1) is 8.70. The van der Waals surface area contributed by atoms with Crippen molar-refractivity contribution in [2.75, 3.05) is 5.32 Å². The van der Waals surface area contributed by atoms with Crippen LogP contribution in [-0.2, 0) is 0 Å². The zero-order valence-electron chi connectivity index (χ0n) is 9.40. The number of anilines is 1. The number of nitriles is 1. The number of nitrogens with zero attached hydrogens (tertiary/aromatic N) is 1. The van der Waals surface area contributed by atoms with Gasteiger partial charge in [0.25, 0.3) is 0 Å². The number of hydrogen-bond donors (Lipinski definition) is 1. The lowest BCUT2D eigenvalue weighted by molar-refractivity contribution is 0.990. The van der Waals surface area contributed by atoms with E-state index in [0.29, 0.717) is 5.02 Å². The lowest BCUT2D eigenvalue weighted by Crippen LogP contribution is -2.08. The summed E-state index contributed by atoms with van der Waals surface area (Å²) in [5.41, 5.74) is 1.77. The minimum absolute atomic E-state index is 0.418. The Morgan fingerprint density at radius 2 is 1.89 bits per heavy atom. The molecule has 2 aromatic rings.